The van der Waals surface area contributed by atoms with Gasteiger partial charge in [-0.15, -0.1) is 0 Å². The van der Waals surface area contributed by atoms with Crippen LogP contribution in [0.2, 0.25) is 0 Å². The Kier molecular flexibility index (Phi) is 3.33. The lowest BCUT2D eigenvalue weighted by Gasteiger charge is -2.25. The zero-order chi connectivity index (χ0) is 10.8. The van der Waals surface area contributed by atoms with Crippen LogP contribution in [0, 0.1) is 13.8 Å². The van der Waals surface area contributed by atoms with E-state index in [0.717, 1.165) is 18.4 Å². The third kappa shape index (κ3) is 2.36. The normalized spacial score (nSPS) is 15.2. The molecule has 0 saturated heterocycles. The first-order valence-corrected chi connectivity index (χ1v) is 5.27. The van der Waals surface area contributed by atoms with E-state index >= 15 is 0 Å². The maximum Gasteiger partial charge on any atom is 0.0871 e. The Morgan fingerprint density at radius 1 is 1.29 bits per heavy atom. The summed E-state index contributed by atoms with van der Waals surface area (Å²) in [5.74, 6) is 0. The van der Waals surface area contributed by atoms with Gasteiger partial charge in [0, 0.05) is 0 Å². The van der Waals surface area contributed by atoms with Crippen molar-refractivity contribution in [3.8, 4) is 0 Å². The molecule has 0 unspecified atom stereocenters. The highest BCUT2D eigenvalue weighted by Crippen LogP contribution is 2.29. The van der Waals surface area contributed by atoms with Crippen LogP contribution in [-0.4, -0.2) is 5.11 Å². The molecule has 0 aliphatic heterocycles. The van der Waals surface area contributed by atoms with E-state index in [0.29, 0.717) is 0 Å². The molecule has 0 aromatic heterocycles. The monoisotopic (exact) mass is 192 g/mol. The predicted molar refractivity (Wildman–Crippen MR) is 60.4 cm³/mol. The molecule has 0 spiro atoms. The molecule has 1 heteroatoms. The summed E-state index contributed by atoms with van der Waals surface area (Å²) >= 11 is 0. The van der Waals surface area contributed by atoms with Crippen molar-refractivity contribution in [2.45, 2.75) is 46.1 Å². The lowest BCUT2D eigenvalue weighted by molar-refractivity contribution is 0.0463. The Balaban J connectivity index is 3.10. The maximum absolute atomic E-state index is 10.3. The number of rotatable bonds is 3. The van der Waals surface area contributed by atoms with Gasteiger partial charge in [-0.25, -0.2) is 0 Å². The molecule has 1 N–H and O–H groups in total. The van der Waals surface area contributed by atoms with Gasteiger partial charge in [0.05, 0.1) is 5.60 Å². The number of hydrogen-bond donors (Lipinski definition) is 1. The quantitative estimate of drug-likeness (QED) is 0.779. The van der Waals surface area contributed by atoms with Crippen molar-refractivity contribution < 1.29 is 5.11 Å². The molecule has 0 aliphatic rings. The third-order valence-corrected chi connectivity index (χ3v) is 2.71. The molecule has 1 aromatic carbocycles. The fourth-order valence-electron chi connectivity index (χ4n) is 1.94. The Morgan fingerprint density at radius 2 is 1.93 bits per heavy atom. The van der Waals surface area contributed by atoms with Crippen LogP contribution in [0.1, 0.15) is 43.4 Å². The minimum Gasteiger partial charge on any atom is -0.385 e. The average Bonchev–Trinajstić information content (AvgIpc) is 2.09. The fraction of sp³-hybridized carbons (Fsp3) is 0.538. The van der Waals surface area contributed by atoms with Crippen LogP contribution in [-0.2, 0) is 5.60 Å². The van der Waals surface area contributed by atoms with E-state index in [1.54, 1.807) is 0 Å². The van der Waals surface area contributed by atoms with Gasteiger partial charge in [0.2, 0.25) is 0 Å². The molecule has 1 atom stereocenters. The summed E-state index contributed by atoms with van der Waals surface area (Å²) in [6.07, 6.45) is 1.82. The van der Waals surface area contributed by atoms with Gasteiger partial charge in [0.15, 0.2) is 0 Å². The summed E-state index contributed by atoms with van der Waals surface area (Å²) in [7, 11) is 0. The van der Waals surface area contributed by atoms with Gasteiger partial charge >= 0.3 is 0 Å². The zero-order valence-electron chi connectivity index (χ0n) is 9.59. The summed E-state index contributed by atoms with van der Waals surface area (Å²) in [5, 5.41) is 10.3. The highest BCUT2D eigenvalue weighted by atomic mass is 16.3. The zero-order valence-corrected chi connectivity index (χ0v) is 9.59. The molecule has 0 saturated carbocycles. The highest BCUT2D eigenvalue weighted by molar-refractivity contribution is 5.34. The number of aliphatic hydroxyl groups is 1. The van der Waals surface area contributed by atoms with Gasteiger partial charge in [-0.1, -0.05) is 37.1 Å². The van der Waals surface area contributed by atoms with Crippen LogP contribution < -0.4 is 0 Å². The fourth-order valence-corrected chi connectivity index (χ4v) is 1.94. The van der Waals surface area contributed by atoms with E-state index in [1.807, 2.05) is 6.92 Å². The van der Waals surface area contributed by atoms with Gasteiger partial charge in [0.1, 0.15) is 0 Å². The van der Waals surface area contributed by atoms with E-state index in [1.165, 1.54) is 11.1 Å². The second kappa shape index (κ2) is 4.14. The SMILES string of the molecule is CCC[C@](C)(O)c1cc(C)ccc1C. The van der Waals surface area contributed by atoms with Crippen LogP contribution in [0.5, 0.6) is 0 Å². The third-order valence-electron chi connectivity index (χ3n) is 2.71. The molecule has 1 nitrogen and oxygen atoms in total. The predicted octanol–water partition coefficient (Wildman–Crippen LogP) is 3.31. The lowest BCUT2D eigenvalue weighted by atomic mass is 9.87. The Hall–Kier alpha value is -0.820. The van der Waals surface area contributed by atoms with Crippen molar-refractivity contribution in [2.75, 3.05) is 0 Å². The summed E-state index contributed by atoms with van der Waals surface area (Å²) in [5.41, 5.74) is 2.78. The molecule has 0 fully saturated rings. The molecular weight excluding hydrogens is 172 g/mol. The molecule has 1 aromatic rings. The lowest BCUT2D eigenvalue weighted by Crippen LogP contribution is -2.22. The smallest absolute Gasteiger partial charge is 0.0871 e. The van der Waals surface area contributed by atoms with E-state index in [4.69, 9.17) is 0 Å². The van der Waals surface area contributed by atoms with Crippen LogP contribution in [0.15, 0.2) is 18.2 Å². The first-order chi connectivity index (χ1) is 6.47. The number of hydrogen-bond acceptors (Lipinski definition) is 1. The van der Waals surface area contributed by atoms with Crippen molar-refractivity contribution in [3.05, 3.63) is 34.9 Å². The standard InChI is InChI=1S/C13H20O/c1-5-8-13(4,14)12-9-10(2)6-7-11(12)3/h6-7,9,14H,5,8H2,1-4H3/t13-/m0/s1. The second-order valence-corrected chi connectivity index (χ2v) is 4.34. The van der Waals surface area contributed by atoms with E-state index in [9.17, 15) is 5.11 Å². The molecule has 0 radical (unpaired) electrons. The second-order valence-electron chi connectivity index (χ2n) is 4.34. The first kappa shape index (κ1) is 11.3. The van der Waals surface area contributed by atoms with Crippen molar-refractivity contribution >= 4 is 0 Å². The Labute approximate surface area is 86.8 Å². The summed E-state index contributed by atoms with van der Waals surface area (Å²) in [6, 6.07) is 6.25. The van der Waals surface area contributed by atoms with Gasteiger partial charge in [0.25, 0.3) is 0 Å². The molecule has 1 rings (SSSR count). The summed E-state index contributed by atoms with van der Waals surface area (Å²) < 4.78 is 0. The van der Waals surface area contributed by atoms with Crippen LogP contribution in [0.4, 0.5) is 0 Å². The van der Waals surface area contributed by atoms with E-state index in [2.05, 4.69) is 39.0 Å². The maximum atomic E-state index is 10.3. The summed E-state index contributed by atoms with van der Waals surface area (Å²) in [4.78, 5) is 0. The van der Waals surface area contributed by atoms with Gasteiger partial charge in [-0.05, 0) is 38.3 Å². The minimum atomic E-state index is -0.676. The van der Waals surface area contributed by atoms with Gasteiger partial charge in [-0.2, -0.15) is 0 Å². The van der Waals surface area contributed by atoms with Crippen molar-refractivity contribution in [2.24, 2.45) is 0 Å². The Bertz CT molecular complexity index is 313. The van der Waals surface area contributed by atoms with Crippen molar-refractivity contribution in [1.82, 2.24) is 0 Å². The van der Waals surface area contributed by atoms with Crippen molar-refractivity contribution in [1.29, 1.82) is 0 Å². The van der Waals surface area contributed by atoms with Crippen LogP contribution >= 0.6 is 0 Å². The Morgan fingerprint density at radius 3 is 2.50 bits per heavy atom. The van der Waals surface area contributed by atoms with E-state index < -0.39 is 5.60 Å². The molecule has 14 heavy (non-hydrogen) atoms. The van der Waals surface area contributed by atoms with Crippen molar-refractivity contribution in [3.63, 3.8) is 0 Å². The minimum absolute atomic E-state index is 0.676. The number of aryl methyl sites for hydroxylation is 2. The molecule has 0 amide bonds. The average molecular weight is 192 g/mol. The van der Waals surface area contributed by atoms with Gasteiger partial charge < -0.3 is 5.11 Å². The van der Waals surface area contributed by atoms with Gasteiger partial charge in [-0.3, -0.25) is 0 Å². The molecule has 78 valence electrons. The topological polar surface area (TPSA) is 20.2 Å². The van der Waals surface area contributed by atoms with Crippen LogP contribution in [0.25, 0.3) is 0 Å². The number of benzene rings is 1. The first-order valence-electron chi connectivity index (χ1n) is 5.27. The summed E-state index contributed by atoms with van der Waals surface area (Å²) in [6.45, 7) is 8.11. The van der Waals surface area contributed by atoms with Crippen LogP contribution in [0.3, 0.4) is 0 Å². The highest BCUT2D eigenvalue weighted by Gasteiger charge is 2.23. The van der Waals surface area contributed by atoms with E-state index in [-0.39, 0.29) is 0 Å². The molecular formula is C13H20O. The molecule has 0 aliphatic carbocycles. The molecule has 0 bridgehead atoms. The molecule has 0 heterocycles. The largest absolute Gasteiger partial charge is 0.385 e.